The van der Waals surface area contributed by atoms with Gasteiger partial charge in [-0.2, -0.15) is 0 Å². The number of hydrogen-bond donors (Lipinski definition) is 1. The molecule has 0 unspecified atom stereocenters. The van der Waals surface area contributed by atoms with Crippen LogP contribution in [0, 0.1) is 6.92 Å². The van der Waals surface area contributed by atoms with Crippen molar-refractivity contribution < 1.29 is 27.5 Å². The maximum absolute atomic E-state index is 13.8. The van der Waals surface area contributed by atoms with Gasteiger partial charge in [0.2, 0.25) is 11.8 Å². The average molecular weight is 540 g/mol. The molecule has 0 heterocycles. The lowest BCUT2D eigenvalue weighted by molar-refractivity contribution is -0.139. The van der Waals surface area contributed by atoms with Crippen molar-refractivity contribution >= 4 is 27.5 Å². The summed E-state index contributed by atoms with van der Waals surface area (Å²) >= 11 is 0. The van der Waals surface area contributed by atoms with E-state index < -0.39 is 28.5 Å². The Kier molecular flexibility index (Phi) is 9.35. The maximum atomic E-state index is 13.8. The van der Waals surface area contributed by atoms with Crippen LogP contribution in [-0.2, 0) is 26.2 Å². The first-order valence-corrected chi connectivity index (χ1v) is 13.4. The summed E-state index contributed by atoms with van der Waals surface area (Å²) in [6.45, 7) is 3.06. The second-order valence-corrected chi connectivity index (χ2v) is 10.5. The number of ether oxygens (including phenoxy) is 2. The Labute approximate surface area is 224 Å². The number of benzene rings is 3. The fraction of sp³-hybridized carbons (Fsp3) is 0.286. The van der Waals surface area contributed by atoms with Crippen LogP contribution >= 0.6 is 0 Å². The lowest BCUT2D eigenvalue weighted by atomic mass is 10.1. The Morgan fingerprint density at radius 2 is 1.55 bits per heavy atom. The van der Waals surface area contributed by atoms with Crippen molar-refractivity contribution in [2.45, 2.75) is 31.3 Å². The van der Waals surface area contributed by atoms with Gasteiger partial charge in [0.05, 0.1) is 24.8 Å². The van der Waals surface area contributed by atoms with Crippen molar-refractivity contribution in [1.29, 1.82) is 0 Å². The minimum absolute atomic E-state index is 0.00497. The van der Waals surface area contributed by atoms with Crippen molar-refractivity contribution in [2.75, 3.05) is 32.1 Å². The third-order valence-electron chi connectivity index (χ3n) is 6.15. The van der Waals surface area contributed by atoms with E-state index in [2.05, 4.69) is 5.32 Å². The normalized spacial score (nSPS) is 11.8. The minimum Gasteiger partial charge on any atom is -0.497 e. The van der Waals surface area contributed by atoms with Gasteiger partial charge in [-0.3, -0.25) is 13.9 Å². The Bertz CT molecular complexity index is 1360. The number of nitrogens with one attached hydrogen (secondary N) is 1. The molecule has 3 aromatic carbocycles. The van der Waals surface area contributed by atoms with Crippen molar-refractivity contribution in [3.63, 3.8) is 0 Å². The first kappa shape index (κ1) is 28.5. The fourth-order valence-electron chi connectivity index (χ4n) is 3.87. The van der Waals surface area contributed by atoms with E-state index in [4.69, 9.17) is 9.47 Å². The molecule has 0 bridgehead atoms. The first-order chi connectivity index (χ1) is 18.1. The molecule has 0 aliphatic carbocycles. The van der Waals surface area contributed by atoms with Crippen molar-refractivity contribution in [3.05, 3.63) is 83.9 Å². The number of nitrogens with zero attached hydrogens (tertiary/aromatic N) is 2. The van der Waals surface area contributed by atoms with Gasteiger partial charge in [-0.15, -0.1) is 0 Å². The molecule has 202 valence electrons. The van der Waals surface area contributed by atoms with Gasteiger partial charge in [-0.25, -0.2) is 8.42 Å². The number of anilines is 1. The molecule has 0 aromatic heterocycles. The Hall–Kier alpha value is -4.05. The predicted octanol–water partition coefficient (Wildman–Crippen LogP) is 3.37. The summed E-state index contributed by atoms with van der Waals surface area (Å²) in [5, 5.41) is 2.57. The number of carbonyl (C=O) groups excluding carboxylic acids is 2. The predicted molar refractivity (Wildman–Crippen MR) is 146 cm³/mol. The van der Waals surface area contributed by atoms with E-state index in [9.17, 15) is 18.0 Å². The number of likely N-dealkylation sites (N-methyl/N-ethyl adjacent to an activating group) is 1. The molecule has 3 aromatic rings. The zero-order chi connectivity index (χ0) is 27.9. The monoisotopic (exact) mass is 539 g/mol. The van der Waals surface area contributed by atoms with Gasteiger partial charge in [0.25, 0.3) is 10.0 Å². The number of hydrogen-bond acceptors (Lipinski definition) is 6. The highest BCUT2D eigenvalue weighted by molar-refractivity contribution is 7.92. The minimum atomic E-state index is -4.15. The van der Waals surface area contributed by atoms with Gasteiger partial charge >= 0.3 is 0 Å². The number of methoxy groups -OCH3 is 2. The first-order valence-electron chi connectivity index (χ1n) is 12.0. The van der Waals surface area contributed by atoms with Crippen LogP contribution in [0.1, 0.15) is 18.1 Å². The zero-order valence-corrected chi connectivity index (χ0v) is 23.0. The van der Waals surface area contributed by atoms with Gasteiger partial charge in [-0.1, -0.05) is 29.8 Å². The molecule has 9 nitrogen and oxygen atoms in total. The number of carbonyl (C=O) groups is 2. The average Bonchev–Trinajstić information content (AvgIpc) is 2.94. The third kappa shape index (κ3) is 6.63. The Balaban J connectivity index is 2.02. The number of aryl methyl sites for hydroxylation is 1. The van der Waals surface area contributed by atoms with Crippen LogP contribution in [0.4, 0.5) is 5.69 Å². The highest BCUT2D eigenvalue weighted by atomic mass is 32.2. The highest BCUT2D eigenvalue weighted by Gasteiger charge is 2.32. The summed E-state index contributed by atoms with van der Waals surface area (Å²) in [4.78, 5) is 27.7. The summed E-state index contributed by atoms with van der Waals surface area (Å²) in [5.41, 5.74) is 2.00. The summed E-state index contributed by atoms with van der Waals surface area (Å²) in [6.07, 6.45) is 0. The number of rotatable bonds is 11. The van der Waals surface area contributed by atoms with Gasteiger partial charge < -0.3 is 19.7 Å². The van der Waals surface area contributed by atoms with Crippen LogP contribution in [0.15, 0.2) is 77.7 Å². The second-order valence-electron chi connectivity index (χ2n) is 8.69. The standard InChI is InChI=1S/C28H33N3O6S/c1-20-9-11-23(12-10-20)31(38(34,35)26-15-13-24(36-4)14-16-26)19-27(32)30(21(2)28(33)29-3)18-22-7-6-8-25(17-22)37-5/h6-17,21H,18-19H2,1-5H3,(H,29,33)/t21-/m0/s1. The molecule has 38 heavy (non-hydrogen) atoms. The SMILES string of the molecule is CNC(=O)[C@H](C)N(Cc1cccc(OC)c1)C(=O)CN(c1ccc(C)cc1)S(=O)(=O)c1ccc(OC)cc1. The molecule has 1 atom stereocenters. The lowest BCUT2D eigenvalue weighted by Gasteiger charge is -2.32. The topological polar surface area (TPSA) is 105 Å². The van der Waals surface area contributed by atoms with Gasteiger partial charge in [0, 0.05) is 13.6 Å². The Morgan fingerprint density at radius 3 is 2.13 bits per heavy atom. The van der Waals surface area contributed by atoms with Gasteiger partial charge in [0.1, 0.15) is 24.1 Å². The molecule has 0 aliphatic rings. The molecule has 3 rings (SSSR count). The van der Waals surface area contributed by atoms with Crippen LogP contribution < -0.4 is 19.1 Å². The van der Waals surface area contributed by atoms with Crippen molar-refractivity contribution in [2.24, 2.45) is 0 Å². The van der Waals surface area contributed by atoms with Crippen LogP contribution in [0.25, 0.3) is 0 Å². The molecule has 10 heteroatoms. The van der Waals surface area contributed by atoms with Crippen LogP contribution in [0.2, 0.25) is 0 Å². The zero-order valence-electron chi connectivity index (χ0n) is 22.2. The molecule has 1 N–H and O–H groups in total. The van der Waals surface area contributed by atoms with Gasteiger partial charge in [0.15, 0.2) is 0 Å². The van der Waals surface area contributed by atoms with E-state index in [0.717, 1.165) is 15.4 Å². The van der Waals surface area contributed by atoms with Crippen LogP contribution in [-0.4, -0.2) is 59.0 Å². The van der Waals surface area contributed by atoms with Crippen LogP contribution in [0.3, 0.4) is 0 Å². The van der Waals surface area contributed by atoms with E-state index in [1.54, 1.807) is 68.6 Å². The summed E-state index contributed by atoms with van der Waals surface area (Å²) in [5.74, 6) is 0.194. The Morgan fingerprint density at radius 1 is 0.921 bits per heavy atom. The molecule has 0 aliphatic heterocycles. The summed E-state index contributed by atoms with van der Waals surface area (Å²) in [6, 6.07) is 19.1. The number of sulfonamides is 1. The van der Waals surface area contributed by atoms with E-state index in [1.165, 1.54) is 31.2 Å². The fourth-order valence-corrected chi connectivity index (χ4v) is 5.29. The van der Waals surface area contributed by atoms with Crippen molar-refractivity contribution in [3.8, 4) is 11.5 Å². The van der Waals surface area contributed by atoms with Gasteiger partial charge in [-0.05, 0) is 67.9 Å². The molecule has 0 radical (unpaired) electrons. The molecule has 0 spiro atoms. The molecular formula is C28H33N3O6S. The van der Waals surface area contributed by atoms with Crippen molar-refractivity contribution in [1.82, 2.24) is 10.2 Å². The number of amides is 2. The largest absolute Gasteiger partial charge is 0.497 e. The van der Waals surface area contributed by atoms with E-state index in [0.29, 0.717) is 17.2 Å². The third-order valence-corrected chi connectivity index (χ3v) is 7.94. The summed E-state index contributed by atoms with van der Waals surface area (Å²) in [7, 11) is 0.372. The van der Waals surface area contributed by atoms with E-state index in [1.807, 2.05) is 13.0 Å². The van der Waals surface area contributed by atoms with E-state index >= 15 is 0 Å². The quantitative estimate of drug-likeness (QED) is 0.401. The maximum Gasteiger partial charge on any atom is 0.264 e. The summed E-state index contributed by atoms with van der Waals surface area (Å²) < 4.78 is 39.1. The second kappa shape index (κ2) is 12.5. The molecule has 0 fully saturated rings. The van der Waals surface area contributed by atoms with Crippen LogP contribution in [0.5, 0.6) is 11.5 Å². The highest BCUT2D eigenvalue weighted by Crippen LogP contribution is 2.26. The smallest absolute Gasteiger partial charge is 0.264 e. The molecule has 2 amide bonds. The lowest BCUT2D eigenvalue weighted by Crippen LogP contribution is -2.50. The molecular weight excluding hydrogens is 506 g/mol. The van der Waals surface area contributed by atoms with E-state index in [-0.39, 0.29) is 17.3 Å². The molecule has 0 saturated carbocycles. The molecule has 0 saturated heterocycles.